The smallest absolute Gasteiger partial charge is 0.331 e. The average Bonchev–Trinajstić information content (AvgIpc) is 2.39. The lowest BCUT2D eigenvalue weighted by molar-refractivity contribution is -0.133. The molecule has 0 aromatic heterocycles. The summed E-state index contributed by atoms with van der Waals surface area (Å²) in [6, 6.07) is 0. The Morgan fingerprint density at radius 1 is 1.39 bits per heavy atom. The Morgan fingerprint density at radius 3 is 2.56 bits per heavy atom. The Morgan fingerprint density at radius 2 is 2.06 bits per heavy atom. The van der Waals surface area contributed by atoms with E-state index in [9.17, 15) is 9.90 Å². The Hall–Kier alpha value is -1.05. The van der Waals surface area contributed by atoms with Gasteiger partial charge < -0.3 is 5.11 Å². The molecule has 2 heteroatoms. The highest BCUT2D eigenvalue weighted by Gasteiger charge is 2.20. The van der Waals surface area contributed by atoms with Gasteiger partial charge in [-0.1, -0.05) is 51.2 Å². The average molecular weight is 250 g/mol. The van der Waals surface area contributed by atoms with E-state index in [0.29, 0.717) is 11.5 Å². The van der Waals surface area contributed by atoms with Crippen LogP contribution in [0, 0.1) is 11.8 Å². The summed E-state index contributed by atoms with van der Waals surface area (Å²) in [5, 5.41) is 9.39. The predicted octanol–water partition coefficient (Wildman–Crippen LogP) is 4.57. The van der Waals surface area contributed by atoms with Crippen LogP contribution in [0.2, 0.25) is 0 Å². The summed E-state index contributed by atoms with van der Waals surface area (Å²) in [7, 11) is 0. The fraction of sp³-hybridized carbons (Fsp3) is 0.688. The van der Waals surface area contributed by atoms with E-state index in [0.717, 1.165) is 32.1 Å². The van der Waals surface area contributed by atoms with Gasteiger partial charge in [0.15, 0.2) is 0 Å². The van der Waals surface area contributed by atoms with Crippen molar-refractivity contribution in [2.45, 2.75) is 58.3 Å². The molecular formula is C16H26O2. The molecule has 1 atom stereocenters. The number of aliphatic carboxylic acids is 1. The maximum atomic E-state index is 11.4. The van der Waals surface area contributed by atoms with Crippen LogP contribution in [0.1, 0.15) is 58.3 Å². The van der Waals surface area contributed by atoms with Gasteiger partial charge in [-0.3, -0.25) is 0 Å². The van der Waals surface area contributed by atoms with E-state index in [4.69, 9.17) is 0 Å². The van der Waals surface area contributed by atoms with Gasteiger partial charge >= 0.3 is 5.97 Å². The van der Waals surface area contributed by atoms with Crippen LogP contribution in [0.15, 0.2) is 24.3 Å². The molecule has 0 aromatic carbocycles. The molecule has 1 rings (SSSR count). The largest absolute Gasteiger partial charge is 0.478 e. The van der Waals surface area contributed by atoms with Crippen LogP contribution < -0.4 is 0 Å². The summed E-state index contributed by atoms with van der Waals surface area (Å²) in [4.78, 5) is 11.4. The van der Waals surface area contributed by atoms with E-state index in [2.05, 4.69) is 13.5 Å². The minimum absolute atomic E-state index is 0.0179. The maximum absolute atomic E-state index is 11.4. The van der Waals surface area contributed by atoms with Crippen LogP contribution in [0.3, 0.4) is 0 Å². The molecule has 0 saturated heterocycles. The van der Waals surface area contributed by atoms with Crippen LogP contribution in [0.4, 0.5) is 0 Å². The van der Waals surface area contributed by atoms with Crippen molar-refractivity contribution in [2.24, 2.45) is 11.8 Å². The van der Waals surface area contributed by atoms with Crippen LogP contribution in [-0.2, 0) is 4.79 Å². The molecule has 0 aromatic rings. The van der Waals surface area contributed by atoms with Crippen LogP contribution in [0.5, 0.6) is 0 Å². The van der Waals surface area contributed by atoms with Gasteiger partial charge in [-0.2, -0.15) is 0 Å². The maximum Gasteiger partial charge on any atom is 0.331 e. The first-order valence-electron chi connectivity index (χ1n) is 7.26. The van der Waals surface area contributed by atoms with Crippen molar-refractivity contribution < 1.29 is 9.90 Å². The number of carbonyl (C=O) groups is 1. The summed E-state index contributed by atoms with van der Waals surface area (Å²) in [6.07, 6.45) is 13.0. The van der Waals surface area contributed by atoms with E-state index in [1.54, 1.807) is 6.08 Å². The van der Waals surface area contributed by atoms with Crippen molar-refractivity contribution in [2.75, 3.05) is 0 Å². The number of hydrogen-bond donors (Lipinski definition) is 1. The van der Waals surface area contributed by atoms with Gasteiger partial charge in [-0.25, -0.2) is 4.79 Å². The number of allylic oxidation sites excluding steroid dienone is 2. The predicted molar refractivity (Wildman–Crippen MR) is 75.5 cm³/mol. The van der Waals surface area contributed by atoms with Gasteiger partial charge in [0, 0.05) is 11.5 Å². The molecule has 2 nitrogen and oxygen atoms in total. The van der Waals surface area contributed by atoms with Crippen molar-refractivity contribution >= 4 is 5.97 Å². The zero-order valence-electron chi connectivity index (χ0n) is 11.5. The van der Waals surface area contributed by atoms with Crippen LogP contribution >= 0.6 is 0 Å². The minimum atomic E-state index is -0.762. The number of carboxylic acid groups (broad SMARTS) is 1. The number of unbranched alkanes of at least 4 members (excludes halogenated alkanes) is 1. The first-order chi connectivity index (χ1) is 8.69. The third-order valence-corrected chi connectivity index (χ3v) is 3.86. The van der Waals surface area contributed by atoms with Crippen molar-refractivity contribution in [3.05, 3.63) is 24.3 Å². The molecule has 1 N–H and O–H groups in total. The summed E-state index contributed by atoms with van der Waals surface area (Å²) < 4.78 is 0. The van der Waals surface area contributed by atoms with E-state index in [1.807, 2.05) is 6.08 Å². The van der Waals surface area contributed by atoms with E-state index in [-0.39, 0.29) is 5.92 Å². The normalized spacial score (nSPS) is 19.5. The molecule has 0 unspecified atom stereocenters. The molecule has 18 heavy (non-hydrogen) atoms. The Kier molecular flexibility index (Phi) is 6.77. The highest BCUT2D eigenvalue weighted by Crippen LogP contribution is 2.29. The van der Waals surface area contributed by atoms with Crippen LogP contribution in [0.25, 0.3) is 0 Å². The summed E-state index contributed by atoms with van der Waals surface area (Å²) in [6.45, 7) is 5.94. The van der Waals surface area contributed by atoms with Crippen molar-refractivity contribution in [3.8, 4) is 0 Å². The monoisotopic (exact) mass is 250 g/mol. The Bertz CT molecular complexity index is 298. The van der Waals surface area contributed by atoms with Gasteiger partial charge in [0.1, 0.15) is 0 Å². The van der Waals surface area contributed by atoms with Gasteiger partial charge in [-0.15, -0.1) is 6.58 Å². The van der Waals surface area contributed by atoms with Crippen LogP contribution in [-0.4, -0.2) is 11.1 Å². The summed E-state index contributed by atoms with van der Waals surface area (Å²) in [5.41, 5.74) is 0.574. The molecule has 1 aliphatic carbocycles. The molecule has 0 aliphatic heterocycles. The third kappa shape index (κ3) is 4.67. The van der Waals surface area contributed by atoms with E-state index < -0.39 is 5.97 Å². The zero-order valence-corrected chi connectivity index (χ0v) is 11.5. The van der Waals surface area contributed by atoms with Crippen molar-refractivity contribution in [3.63, 3.8) is 0 Å². The molecule has 1 aliphatic rings. The SMILES string of the molecule is C=C[C@H](CCCC)C(=CC1CCCCC1)C(=O)O. The lowest BCUT2D eigenvalue weighted by Crippen LogP contribution is -2.14. The third-order valence-electron chi connectivity index (χ3n) is 3.86. The second-order valence-electron chi connectivity index (χ2n) is 5.31. The minimum Gasteiger partial charge on any atom is -0.478 e. The molecule has 0 bridgehead atoms. The first-order valence-corrected chi connectivity index (χ1v) is 7.26. The van der Waals surface area contributed by atoms with E-state index in [1.165, 1.54) is 19.3 Å². The molecule has 1 fully saturated rings. The highest BCUT2D eigenvalue weighted by molar-refractivity contribution is 5.87. The first kappa shape index (κ1) is 15.0. The summed E-state index contributed by atoms with van der Waals surface area (Å²) in [5.74, 6) is -0.278. The number of carboxylic acids is 1. The second kappa shape index (κ2) is 8.12. The standard InChI is InChI=1S/C16H26O2/c1-3-5-11-14(4-2)15(16(17)18)12-13-9-7-6-8-10-13/h4,12-14H,2-3,5-11H2,1H3,(H,17,18)/t14-/m1/s1. The molecule has 0 spiro atoms. The van der Waals surface area contributed by atoms with Gasteiger partial charge in [-0.05, 0) is 25.2 Å². The van der Waals surface area contributed by atoms with Crippen molar-refractivity contribution in [1.82, 2.24) is 0 Å². The topological polar surface area (TPSA) is 37.3 Å². The lowest BCUT2D eigenvalue weighted by atomic mass is 9.84. The van der Waals surface area contributed by atoms with Gasteiger partial charge in [0.05, 0.1) is 0 Å². The fourth-order valence-electron chi connectivity index (χ4n) is 2.73. The molecule has 1 saturated carbocycles. The Labute approximate surface area is 111 Å². The molecule has 0 heterocycles. The molecule has 0 radical (unpaired) electrons. The lowest BCUT2D eigenvalue weighted by Gasteiger charge is -2.21. The highest BCUT2D eigenvalue weighted by atomic mass is 16.4. The summed E-state index contributed by atoms with van der Waals surface area (Å²) >= 11 is 0. The molecule has 0 amide bonds. The van der Waals surface area contributed by atoms with E-state index >= 15 is 0 Å². The molecule has 102 valence electrons. The fourth-order valence-corrected chi connectivity index (χ4v) is 2.73. The number of rotatable bonds is 7. The second-order valence-corrected chi connectivity index (χ2v) is 5.31. The van der Waals surface area contributed by atoms with Gasteiger partial charge in [0.25, 0.3) is 0 Å². The zero-order chi connectivity index (χ0) is 13.4. The van der Waals surface area contributed by atoms with Gasteiger partial charge in [0.2, 0.25) is 0 Å². The Balaban J connectivity index is 2.74. The molecular weight excluding hydrogens is 224 g/mol. The number of hydrogen-bond acceptors (Lipinski definition) is 1. The quantitative estimate of drug-likeness (QED) is 0.531. The van der Waals surface area contributed by atoms with Crippen molar-refractivity contribution in [1.29, 1.82) is 0 Å².